The van der Waals surface area contributed by atoms with Crippen molar-refractivity contribution >= 4 is 16.9 Å². The Labute approximate surface area is 171 Å². The van der Waals surface area contributed by atoms with Crippen LogP contribution in [0.5, 0.6) is 0 Å². The number of nitrogens with zero attached hydrogens (tertiary/aromatic N) is 1. The van der Waals surface area contributed by atoms with Crippen LogP contribution in [-0.4, -0.2) is 31.4 Å². The highest BCUT2D eigenvalue weighted by Gasteiger charge is 2.21. The first-order valence-corrected chi connectivity index (χ1v) is 9.81. The molecule has 2 aromatic carbocycles. The van der Waals surface area contributed by atoms with Crippen molar-refractivity contribution < 1.29 is 13.6 Å². The minimum absolute atomic E-state index is 0.0232. The molecule has 3 aromatic rings. The molecule has 1 heterocycles. The van der Waals surface area contributed by atoms with Gasteiger partial charge in [-0.1, -0.05) is 45.0 Å². The Bertz CT molecular complexity index is 1010. The minimum atomic E-state index is -0.347. The number of hydrogen-bond acceptors (Lipinski definition) is 3. The van der Waals surface area contributed by atoms with Crippen LogP contribution in [-0.2, 0) is 5.41 Å². The number of halogens is 1. The first kappa shape index (κ1) is 21.1. The van der Waals surface area contributed by atoms with Crippen LogP contribution >= 0.6 is 0 Å². The van der Waals surface area contributed by atoms with E-state index in [0.717, 1.165) is 5.56 Å². The predicted octanol–water partition coefficient (Wildman–Crippen LogP) is 5.21. The summed E-state index contributed by atoms with van der Waals surface area (Å²) >= 11 is 0. The molecule has 154 valence electrons. The standard InChI is InChI=1S/C24H29FN2O2/c1-15-19-13-18(25)11-12-21(19)29-22(15)23(28)26-14-20(27(5)6)16-7-9-17(10-8-16)24(2,3)4/h7-13,20H,14H2,1-6H3,(H,26,28). The molecular weight excluding hydrogens is 367 g/mol. The van der Waals surface area contributed by atoms with Gasteiger partial charge in [-0.2, -0.15) is 0 Å². The van der Waals surface area contributed by atoms with Crippen molar-refractivity contribution in [1.82, 2.24) is 10.2 Å². The number of carbonyl (C=O) groups excluding carboxylic acids is 1. The van der Waals surface area contributed by atoms with Gasteiger partial charge >= 0.3 is 0 Å². The second kappa shape index (κ2) is 7.99. The fourth-order valence-corrected chi connectivity index (χ4v) is 3.48. The van der Waals surface area contributed by atoms with Crippen LogP contribution in [0.15, 0.2) is 46.9 Å². The maximum absolute atomic E-state index is 13.5. The zero-order chi connectivity index (χ0) is 21.3. The van der Waals surface area contributed by atoms with Crippen LogP contribution in [0, 0.1) is 12.7 Å². The number of rotatable bonds is 5. The van der Waals surface area contributed by atoms with Gasteiger partial charge in [0.2, 0.25) is 0 Å². The van der Waals surface area contributed by atoms with E-state index in [0.29, 0.717) is 23.1 Å². The number of furan rings is 1. The summed E-state index contributed by atoms with van der Waals surface area (Å²) in [7, 11) is 3.98. The molecule has 3 rings (SSSR count). The van der Waals surface area contributed by atoms with E-state index < -0.39 is 0 Å². The van der Waals surface area contributed by atoms with E-state index in [1.54, 1.807) is 13.0 Å². The molecule has 1 unspecified atom stereocenters. The first-order valence-electron chi connectivity index (χ1n) is 9.81. The average molecular weight is 397 g/mol. The van der Waals surface area contributed by atoms with Gasteiger partial charge in [0.25, 0.3) is 5.91 Å². The van der Waals surface area contributed by atoms with Crippen molar-refractivity contribution in [3.63, 3.8) is 0 Å². The molecule has 5 heteroatoms. The third-order valence-electron chi connectivity index (χ3n) is 5.35. The van der Waals surface area contributed by atoms with Gasteiger partial charge in [0, 0.05) is 17.5 Å². The number of aryl methyl sites for hydroxylation is 1. The lowest BCUT2D eigenvalue weighted by atomic mass is 9.86. The van der Waals surface area contributed by atoms with Crippen LogP contribution in [0.3, 0.4) is 0 Å². The van der Waals surface area contributed by atoms with Gasteiger partial charge in [-0.3, -0.25) is 4.79 Å². The molecular formula is C24H29FN2O2. The average Bonchev–Trinajstić information content (AvgIpc) is 2.97. The second-order valence-corrected chi connectivity index (χ2v) is 8.76. The number of hydrogen-bond donors (Lipinski definition) is 1. The van der Waals surface area contributed by atoms with Crippen LogP contribution in [0.4, 0.5) is 4.39 Å². The molecule has 1 amide bonds. The van der Waals surface area contributed by atoms with E-state index in [1.165, 1.54) is 17.7 Å². The molecule has 0 aliphatic carbocycles. The van der Waals surface area contributed by atoms with E-state index in [-0.39, 0.29) is 28.9 Å². The molecule has 0 saturated carbocycles. The maximum Gasteiger partial charge on any atom is 0.287 e. The summed E-state index contributed by atoms with van der Waals surface area (Å²) < 4.78 is 19.2. The third-order valence-corrected chi connectivity index (χ3v) is 5.35. The van der Waals surface area contributed by atoms with Crippen molar-refractivity contribution in [3.05, 3.63) is 70.7 Å². The Balaban J connectivity index is 1.77. The molecule has 0 radical (unpaired) electrons. The fraction of sp³-hybridized carbons (Fsp3) is 0.375. The number of carbonyl (C=O) groups is 1. The lowest BCUT2D eigenvalue weighted by Gasteiger charge is -2.26. The maximum atomic E-state index is 13.5. The summed E-state index contributed by atoms with van der Waals surface area (Å²) in [6.07, 6.45) is 0. The number of fused-ring (bicyclic) bond motifs is 1. The van der Waals surface area contributed by atoms with Gasteiger partial charge in [0.1, 0.15) is 11.4 Å². The monoisotopic (exact) mass is 396 g/mol. The number of likely N-dealkylation sites (N-methyl/N-ethyl adjacent to an activating group) is 1. The predicted molar refractivity (Wildman–Crippen MR) is 115 cm³/mol. The summed E-state index contributed by atoms with van der Waals surface area (Å²) in [5, 5.41) is 3.59. The van der Waals surface area contributed by atoms with E-state index >= 15 is 0 Å². The quantitative estimate of drug-likeness (QED) is 0.644. The van der Waals surface area contributed by atoms with Gasteiger partial charge in [-0.15, -0.1) is 0 Å². The van der Waals surface area contributed by atoms with Gasteiger partial charge in [0.05, 0.1) is 6.04 Å². The third kappa shape index (κ3) is 4.51. The van der Waals surface area contributed by atoms with Crippen molar-refractivity contribution in [2.24, 2.45) is 0 Å². The second-order valence-electron chi connectivity index (χ2n) is 8.76. The number of benzene rings is 2. The lowest BCUT2D eigenvalue weighted by molar-refractivity contribution is 0.0915. The molecule has 1 atom stereocenters. The molecule has 0 bridgehead atoms. The summed E-state index contributed by atoms with van der Waals surface area (Å²) in [6, 6.07) is 12.8. The summed E-state index contributed by atoms with van der Waals surface area (Å²) in [5.41, 5.74) is 3.65. The zero-order valence-corrected chi connectivity index (χ0v) is 18.0. The number of nitrogens with one attached hydrogen (secondary N) is 1. The first-order chi connectivity index (χ1) is 13.6. The molecule has 1 N–H and O–H groups in total. The van der Waals surface area contributed by atoms with Crippen LogP contribution < -0.4 is 5.32 Å². The highest BCUT2D eigenvalue weighted by atomic mass is 19.1. The van der Waals surface area contributed by atoms with Crippen molar-refractivity contribution in [3.8, 4) is 0 Å². The topological polar surface area (TPSA) is 45.5 Å². The highest BCUT2D eigenvalue weighted by Crippen LogP contribution is 2.27. The lowest BCUT2D eigenvalue weighted by Crippen LogP contribution is -2.34. The molecule has 4 nitrogen and oxygen atoms in total. The zero-order valence-electron chi connectivity index (χ0n) is 18.0. The minimum Gasteiger partial charge on any atom is -0.451 e. The molecule has 0 fully saturated rings. The smallest absolute Gasteiger partial charge is 0.287 e. The normalized spacial score (nSPS) is 13.1. The van der Waals surface area contributed by atoms with Gasteiger partial charge in [-0.25, -0.2) is 4.39 Å². The van der Waals surface area contributed by atoms with E-state index in [9.17, 15) is 9.18 Å². The Morgan fingerprint density at radius 2 is 1.79 bits per heavy atom. The van der Waals surface area contributed by atoms with Crippen molar-refractivity contribution in [2.45, 2.75) is 39.2 Å². The Hall–Kier alpha value is -2.66. The van der Waals surface area contributed by atoms with Crippen LogP contribution in [0.2, 0.25) is 0 Å². The Morgan fingerprint density at radius 3 is 2.38 bits per heavy atom. The van der Waals surface area contributed by atoms with E-state index in [4.69, 9.17) is 4.42 Å². The molecule has 1 aromatic heterocycles. The molecule has 0 saturated heterocycles. The van der Waals surface area contributed by atoms with E-state index in [1.807, 2.05) is 14.1 Å². The fourth-order valence-electron chi connectivity index (χ4n) is 3.48. The van der Waals surface area contributed by atoms with Crippen LogP contribution in [0.25, 0.3) is 11.0 Å². The van der Waals surface area contributed by atoms with Gasteiger partial charge in [-0.05, 0) is 55.8 Å². The van der Waals surface area contributed by atoms with Gasteiger partial charge < -0.3 is 14.6 Å². The van der Waals surface area contributed by atoms with E-state index in [2.05, 4.69) is 55.3 Å². The largest absolute Gasteiger partial charge is 0.451 e. The Kier molecular flexibility index (Phi) is 5.80. The molecule has 0 aliphatic heterocycles. The van der Waals surface area contributed by atoms with Crippen molar-refractivity contribution in [2.75, 3.05) is 20.6 Å². The highest BCUT2D eigenvalue weighted by molar-refractivity contribution is 5.98. The summed E-state index contributed by atoms with van der Waals surface area (Å²) in [4.78, 5) is 14.8. The number of amides is 1. The SMILES string of the molecule is Cc1c(C(=O)NCC(c2ccc(C(C)(C)C)cc2)N(C)C)oc2ccc(F)cc12. The summed E-state index contributed by atoms with van der Waals surface area (Å²) in [5.74, 6) is -0.414. The molecule has 29 heavy (non-hydrogen) atoms. The molecule has 0 aliphatic rings. The molecule has 0 spiro atoms. The van der Waals surface area contributed by atoms with Gasteiger partial charge in [0.15, 0.2) is 5.76 Å². The van der Waals surface area contributed by atoms with Crippen LogP contribution in [0.1, 0.15) is 54.1 Å². The summed E-state index contributed by atoms with van der Waals surface area (Å²) in [6.45, 7) is 8.77. The Morgan fingerprint density at radius 1 is 1.14 bits per heavy atom. The van der Waals surface area contributed by atoms with Crippen molar-refractivity contribution in [1.29, 1.82) is 0 Å².